The molecule has 0 fully saturated rings. The summed E-state index contributed by atoms with van der Waals surface area (Å²) in [6.07, 6.45) is 0. The zero-order valence-corrected chi connectivity index (χ0v) is 11.3. The average Bonchev–Trinajstić information content (AvgIpc) is 2.07. The summed E-state index contributed by atoms with van der Waals surface area (Å²) in [7, 11) is -13.1. The van der Waals surface area contributed by atoms with Crippen molar-refractivity contribution in [2.75, 3.05) is 0 Å². The van der Waals surface area contributed by atoms with Crippen molar-refractivity contribution in [2.45, 2.75) is 0 Å². The maximum atomic E-state index is 9.77. The van der Waals surface area contributed by atoms with Gasteiger partial charge in [0.2, 0.25) is 0 Å². The number of hydrogen-bond acceptors (Lipinski definition) is 2. The summed E-state index contributed by atoms with van der Waals surface area (Å²) < 4.78 is 87.9. The van der Waals surface area contributed by atoms with Crippen LogP contribution in [0.3, 0.4) is 0 Å². The maximum absolute atomic E-state index is 9.77. The molecule has 0 aromatic heterocycles. The fourth-order valence-electron chi connectivity index (χ4n) is 0. The van der Waals surface area contributed by atoms with Gasteiger partial charge < -0.3 is 9.59 Å². The minimum atomic E-state index is -4.38. The van der Waals surface area contributed by atoms with Crippen LogP contribution in [0.2, 0.25) is 0 Å². The van der Waals surface area contributed by atoms with Crippen molar-refractivity contribution >= 4 is 40.1 Å². The minimum Gasteiger partial charge on any atom is -0.545 e. The van der Waals surface area contributed by atoms with Gasteiger partial charge in [0.15, 0.2) is 0 Å². The summed E-state index contributed by atoms with van der Waals surface area (Å²) in [6, 6.07) is 0. The van der Waals surface area contributed by atoms with E-state index in [0.29, 0.717) is 0 Å². The smallest absolute Gasteiger partial charge is 0.545 e. The Kier molecular flexibility index (Phi) is 93.1. The molecule has 0 aliphatic carbocycles. The normalized spacial score (nSPS) is 6.82. The van der Waals surface area contributed by atoms with E-state index in [1.165, 1.54) is 0 Å². The van der Waals surface area contributed by atoms with E-state index in [0.717, 1.165) is 0 Å². The van der Waals surface area contributed by atoms with E-state index in [1.807, 2.05) is 0 Å². The van der Waals surface area contributed by atoms with Gasteiger partial charge in [-0.1, -0.05) is 0 Å². The first-order valence-electron chi connectivity index (χ1n) is 2.17. The van der Waals surface area contributed by atoms with Crippen LogP contribution < -0.4 is 0 Å². The zero-order valence-electron chi connectivity index (χ0n) is 7.23. The van der Waals surface area contributed by atoms with Crippen LogP contribution in [-0.4, -0.2) is 13.6 Å². The number of carbonyl (C=O) groups excluding carboxylic acids is 2. The van der Waals surface area contributed by atoms with Crippen molar-refractivity contribution in [1.82, 2.24) is 0 Å². The fourth-order valence-corrected chi connectivity index (χ4v) is 0. The quantitative estimate of drug-likeness (QED) is 0.194. The van der Waals surface area contributed by atoms with Gasteiger partial charge in [-0.2, -0.15) is 0 Å². The van der Waals surface area contributed by atoms with Crippen LogP contribution in [0.5, 0.6) is 0 Å². The van der Waals surface area contributed by atoms with E-state index in [4.69, 9.17) is 9.59 Å². The molecule has 108 valence electrons. The van der Waals surface area contributed by atoms with Gasteiger partial charge in [-0.15, -0.1) is 0 Å². The summed E-state index contributed by atoms with van der Waals surface area (Å²) in [5, 5.41) is 0. The monoisotopic (exact) mass is 381 g/mol. The maximum Gasteiger partial charge on any atom is 2.00 e. The summed E-state index contributed by atoms with van der Waals surface area (Å²) in [5.74, 6) is 0. The van der Waals surface area contributed by atoms with Crippen molar-refractivity contribution in [3.05, 3.63) is 0 Å². The molecule has 0 bridgehead atoms. The predicted octanol–water partition coefficient (Wildman–Crippen LogP) is 5.01. The van der Waals surface area contributed by atoms with Gasteiger partial charge >= 0.3 is 43.6 Å². The molecule has 0 aliphatic rings. The Labute approximate surface area is 105 Å². The molecule has 0 saturated carbocycles. The standard InChI is InChI=1S/2CHO.3F3HP.Fe/c2*1-2;3*1-4(2)3;/h2*1H;3*4H;/q2*-1;3*+1;+2. The molecule has 2 nitrogen and oxygen atoms in total. The Hall–Kier alpha value is 0.519. The van der Waals surface area contributed by atoms with Crippen molar-refractivity contribution in [1.29, 1.82) is 0 Å². The topological polar surface area (TPSA) is 34.1 Å². The van der Waals surface area contributed by atoms with E-state index in [-0.39, 0.29) is 17.1 Å². The molecule has 0 amide bonds. The Morgan fingerprint density at radius 1 is 0.471 bits per heavy atom. The van der Waals surface area contributed by atoms with Gasteiger partial charge in [0.1, 0.15) is 0 Å². The molecule has 15 heteroatoms. The van der Waals surface area contributed by atoms with E-state index in [1.54, 1.807) is 0 Å². The van der Waals surface area contributed by atoms with Gasteiger partial charge in [-0.25, -0.2) is 0 Å². The van der Waals surface area contributed by atoms with Gasteiger partial charge in [0.25, 0.3) is 0 Å². The van der Waals surface area contributed by atoms with Gasteiger partial charge in [-0.3, -0.25) is 13.6 Å². The van der Waals surface area contributed by atoms with Crippen molar-refractivity contribution < 1.29 is 64.4 Å². The third-order valence-corrected chi connectivity index (χ3v) is 0. The van der Waals surface area contributed by atoms with Crippen LogP contribution in [0.4, 0.5) is 37.8 Å². The fraction of sp³-hybridized carbons (Fsp3) is 0. The molecule has 0 aromatic carbocycles. The van der Waals surface area contributed by atoms with Crippen LogP contribution in [-0.2, 0) is 26.7 Å². The number of halogens is 9. The van der Waals surface area contributed by atoms with Crippen molar-refractivity contribution in [3.63, 3.8) is 0 Å². The number of hydrogen-bond donors (Lipinski definition) is 0. The van der Waals surface area contributed by atoms with Gasteiger partial charge in [0, 0.05) is 37.8 Å². The predicted molar refractivity (Wildman–Crippen MR) is 48.4 cm³/mol. The molecular weight excluding hydrogens is 376 g/mol. The molecule has 0 saturated heterocycles. The molecule has 0 spiro atoms. The third-order valence-electron chi connectivity index (χ3n) is 0. The summed E-state index contributed by atoms with van der Waals surface area (Å²) in [4.78, 5) is 15.5. The van der Waals surface area contributed by atoms with Crippen LogP contribution in [0.1, 0.15) is 0 Å². The summed E-state index contributed by atoms with van der Waals surface area (Å²) >= 11 is 0. The van der Waals surface area contributed by atoms with Crippen molar-refractivity contribution in [2.24, 2.45) is 0 Å². The Morgan fingerprint density at radius 3 is 0.471 bits per heavy atom. The molecule has 0 heterocycles. The largest absolute Gasteiger partial charge is 2.00 e. The molecule has 0 radical (unpaired) electrons. The molecule has 0 rings (SSSR count). The van der Waals surface area contributed by atoms with E-state index in [9.17, 15) is 37.8 Å². The van der Waals surface area contributed by atoms with Crippen LogP contribution in [0.25, 0.3) is 0 Å². The molecule has 0 unspecified atom stereocenters. The SMILES string of the molecule is F[PH+](F)F.F[PH+](F)F.F[PH+](F)F.[CH-]=O.[CH-]=O.[Fe+2]. The molecular formula is C2H5F9FeO2P3+3. The van der Waals surface area contributed by atoms with E-state index < -0.39 is 26.6 Å². The molecule has 0 N–H and O–H groups in total. The second-order valence-electron chi connectivity index (χ2n) is 0.643. The van der Waals surface area contributed by atoms with E-state index in [2.05, 4.69) is 13.6 Å². The summed E-state index contributed by atoms with van der Waals surface area (Å²) in [6.45, 7) is 6.50. The van der Waals surface area contributed by atoms with E-state index >= 15 is 0 Å². The first-order valence-corrected chi connectivity index (χ1v) is 5.57. The summed E-state index contributed by atoms with van der Waals surface area (Å²) in [5.41, 5.74) is 0. The van der Waals surface area contributed by atoms with Gasteiger partial charge in [0.05, 0.1) is 0 Å². The first-order chi connectivity index (χ1) is 7.20. The van der Waals surface area contributed by atoms with Crippen molar-refractivity contribution in [3.8, 4) is 0 Å². The van der Waals surface area contributed by atoms with Gasteiger partial charge in [-0.05, 0) is 0 Å². The van der Waals surface area contributed by atoms with Crippen LogP contribution in [0, 0.1) is 0 Å². The minimum absolute atomic E-state index is 0. The molecule has 0 atom stereocenters. The first kappa shape index (κ1) is 36.0. The molecule has 0 aromatic rings. The Morgan fingerprint density at radius 2 is 0.471 bits per heavy atom. The zero-order chi connectivity index (χ0) is 14.7. The molecule has 17 heavy (non-hydrogen) atoms. The number of rotatable bonds is 0. The second kappa shape index (κ2) is 43.9. The average molecular weight is 381 g/mol. The molecule has 0 aliphatic heterocycles. The Bertz CT molecular complexity index is 77.8. The Balaban J connectivity index is -0.0000000227. The third kappa shape index (κ3) is 12900. The van der Waals surface area contributed by atoms with Crippen LogP contribution >= 0.6 is 26.6 Å². The van der Waals surface area contributed by atoms with Crippen LogP contribution in [0.15, 0.2) is 0 Å². The second-order valence-corrected chi connectivity index (χ2v) is 1.93.